The summed E-state index contributed by atoms with van der Waals surface area (Å²) in [7, 11) is 1.69. The van der Waals surface area contributed by atoms with Gasteiger partial charge in [-0.3, -0.25) is 0 Å². The minimum absolute atomic E-state index is 0.690. The predicted molar refractivity (Wildman–Crippen MR) is 80.6 cm³/mol. The summed E-state index contributed by atoms with van der Waals surface area (Å²) in [4.78, 5) is 2.38. The maximum atomic E-state index is 5.25. The Morgan fingerprint density at radius 2 is 1.70 bits per heavy atom. The molecule has 20 heavy (non-hydrogen) atoms. The summed E-state index contributed by atoms with van der Waals surface area (Å²) in [6, 6.07) is 8.25. The number of nitrogens with zero attached hydrogens (tertiary/aromatic N) is 1. The molecule has 1 saturated carbocycles. The SMILES string of the molecule is C1CC2CC1O2.COc1ccc(N2CCNCC2)cc1. The minimum atomic E-state index is 0.690. The highest BCUT2D eigenvalue weighted by Gasteiger charge is 2.36. The second-order valence-corrected chi connectivity index (χ2v) is 5.63. The van der Waals surface area contributed by atoms with Crippen molar-refractivity contribution >= 4 is 5.69 Å². The first-order valence-electron chi connectivity index (χ1n) is 7.60. The van der Waals surface area contributed by atoms with E-state index in [1.807, 2.05) is 12.1 Å². The molecule has 2 atom stereocenters. The van der Waals surface area contributed by atoms with E-state index in [0.29, 0.717) is 12.2 Å². The highest BCUT2D eigenvalue weighted by molar-refractivity contribution is 5.49. The normalized spacial score (nSPS) is 27.4. The molecule has 1 aliphatic carbocycles. The van der Waals surface area contributed by atoms with E-state index < -0.39 is 0 Å². The van der Waals surface area contributed by atoms with Gasteiger partial charge in [0.25, 0.3) is 0 Å². The number of hydrogen-bond donors (Lipinski definition) is 1. The average molecular weight is 276 g/mol. The van der Waals surface area contributed by atoms with Crippen LogP contribution >= 0.6 is 0 Å². The molecule has 1 aromatic rings. The first kappa shape index (κ1) is 13.7. The van der Waals surface area contributed by atoms with Crippen LogP contribution in [0.4, 0.5) is 5.69 Å². The van der Waals surface area contributed by atoms with Crippen LogP contribution < -0.4 is 15.0 Å². The Labute approximate surface area is 121 Å². The monoisotopic (exact) mass is 276 g/mol. The van der Waals surface area contributed by atoms with Gasteiger partial charge in [-0.25, -0.2) is 0 Å². The Balaban J connectivity index is 0.000000165. The third-order valence-electron chi connectivity index (χ3n) is 4.28. The van der Waals surface area contributed by atoms with Crippen LogP contribution in [-0.2, 0) is 4.74 Å². The standard InChI is InChI=1S/C11H16N2O.C5H8O/c1-14-11-4-2-10(3-5-11)13-8-6-12-7-9-13;1-2-5-3-4(1)6-5/h2-5,12H,6-9H2,1H3;4-5H,1-3H2. The Kier molecular flexibility index (Phi) is 4.43. The highest BCUT2D eigenvalue weighted by atomic mass is 16.5. The molecule has 3 saturated heterocycles. The average Bonchev–Trinajstić information content (AvgIpc) is 3.14. The summed E-state index contributed by atoms with van der Waals surface area (Å²) in [6.07, 6.45) is 5.42. The lowest BCUT2D eigenvalue weighted by atomic mass is 10.2. The van der Waals surface area contributed by atoms with Gasteiger partial charge in [-0.1, -0.05) is 0 Å². The van der Waals surface area contributed by atoms with Crippen molar-refractivity contribution in [2.75, 3.05) is 38.2 Å². The van der Waals surface area contributed by atoms with Crippen LogP contribution in [0.15, 0.2) is 24.3 Å². The Morgan fingerprint density at radius 1 is 1.10 bits per heavy atom. The van der Waals surface area contributed by atoms with Gasteiger partial charge in [0, 0.05) is 31.9 Å². The number of hydrogen-bond acceptors (Lipinski definition) is 4. The summed E-state index contributed by atoms with van der Waals surface area (Å²) >= 11 is 0. The first-order valence-corrected chi connectivity index (χ1v) is 7.60. The molecule has 0 radical (unpaired) electrons. The molecule has 0 aromatic heterocycles. The van der Waals surface area contributed by atoms with E-state index in [-0.39, 0.29) is 0 Å². The molecular formula is C16H24N2O2. The Hall–Kier alpha value is -1.26. The predicted octanol–water partition coefficient (Wildman–Crippen LogP) is 2.04. The van der Waals surface area contributed by atoms with Gasteiger partial charge in [-0.2, -0.15) is 0 Å². The van der Waals surface area contributed by atoms with E-state index in [1.165, 1.54) is 24.9 Å². The zero-order chi connectivity index (χ0) is 13.8. The lowest BCUT2D eigenvalue weighted by molar-refractivity contribution is -0.0647. The smallest absolute Gasteiger partial charge is 0.119 e. The summed E-state index contributed by atoms with van der Waals surface area (Å²) in [5.41, 5.74) is 1.28. The molecule has 110 valence electrons. The third kappa shape index (κ3) is 3.25. The fraction of sp³-hybridized carbons (Fsp3) is 0.625. The molecule has 4 heteroatoms. The molecule has 4 aliphatic rings. The van der Waals surface area contributed by atoms with Gasteiger partial charge in [-0.05, 0) is 43.5 Å². The van der Waals surface area contributed by atoms with Gasteiger partial charge >= 0.3 is 0 Å². The topological polar surface area (TPSA) is 33.7 Å². The first-order chi connectivity index (χ1) is 9.85. The van der Waals surface area contributed by atoms with Gasteiger partial charge in [-0.15, -0.1) is 0 Å². The van der Waals surface area contributed by atoms with Gasteiger partial charge in [0.15, 0.2) is 0 Å². The summed E-state index contributed by atoms with van der Waals surface area (Å²) in [5.74, 6) is 0.920. The Bertz CT molecular complexity index is 395. The maximum absolute atomic E-state index is 5.25. The van der Waals surface area contributed by atoms with Crippen molar-refractivity contribution in [3.63, 3.8) is 0 Å². The van der Waals surface area contributed by atoms with Crippen LogP contribution in [0.5, 0.6) is 5.75 Å². The van der Waals surface area contributed by atoms with Gasteiger partial charge in [0.05, 0.1) is 19.3 Å². The van der Waals surface area contributed by atoms with Crippen LogP contribution in [0.3, 0.4) is 0 Å². The molecule has 0 spiro atoms. The number of fused-ring (bicyclic) bond motifs is 1. The molecule has 3 heterocycles. The number of piperazine rings is 1. The number of benzene rings is 1. The van der Waals surface area contributed by atoms with E-state index in [9.17, 15) is 0 Å². The number of ether oxygens (including phenoxy) is 2. The molecule has 1 aromatic carbocycles. The van der Waals surface area contributed by atoms with Crippen LogP contribution in [0.2, 0.25) is 0 Å². The lowest BCUT2D eigenvalue weighted by Crippen LogP contribution is -2.43. The number of methoxy groups -OCH3 is 1. The van der Waals surface area contributed by atoms with Crippen LogP contribution in [0, 0.1) is 0 Å². The third-order valence-corrected chi connectivity index (χ3v) is 4.28. The van der Waals surface area contributed by atoms with Crippen LogP contribution in [-0.4, -0.2) is 45.5 Å². The van der Waals surface area contributed by atoms with Crippen molar-refractivity contribution in [3.8, 4) is 5.75 Å². The fourth-order valence-corrected chi connectivity index (χ4v) is 3.01. The second kappa shape index (κ2) is 6.46. The zero-order valence-electron chi connectivity index (χ0n) is 12.2. The minimum Gasteiger partial charge on any atom is -0.497 e. The fourth-order valence-electron chi connectivity index (χ4n) is 3.01. The summed E-state index contributed by atoms with van der Waals surface area (Å²) < 4.78 is 10.4. The molecule has 4 fully saturated rings. The van der Waals surface area contributed by atoms with Crippen molar-refractivity contribution < 1.29 is 9.47 Å². The quantitative estimate of drug-likeness (QED) is 0.896. The number of anilines is 1. The Morgan fingerprint density at radius 3 is 2.15 bits per heavy atom. The maximum Gasteiger partial charge on any atom is 0.119 e. The lowest BCUT2D eigenvalue weighted by Gasteiger charge is -2.29. The van der Waals surface area contributed by atoms with Crippen molar-refractivity contribution in [3.05, 3.63) is 24.3 Å². The van der Waals surface area contributed by atoms with E-state index in [1.54, 1.807) is 7.11 Å². The molecule has 2 unspecified atom stereocenters. The van der Waals surface area contributed by atoms with E-state index >= 15 is 0 Å². The van der Waals surface area contributed by atoms with Crippen molar-refractivity contribution in [1.82, 2.24) is 5.32 Å². The molecule has 3 aliphatic heterocycles. The molecule has 4 nitrogen and oxygen atoms in total. The molecular weight excluding hydrogens is 252 g/mol. The van der Waals surface area contributed by atoms with Gasteiger partial charge in [0.2, 0.25) is 0 Å². The van der Waals surface area contributed by atoms with Crippen molar-refractivity contribution in [2.45, 2.75) is 31.5 Å². The van der Waals surface area contributed by atoms with Crippen molar-refractivity contribution in [1.29, 1.82) is 0 Å². The van der Waals surface area contributed by atoms with Gasteiger partial charge in [0.1, 0.15) is 5.75 Å². The van der Waals surface area contributed by atoms with Crippen molar-refractivity contribution in [2.24, 2.45) is 0 Å². The molecule has 5 rings (SSSR count). The molecule has 2 bridgehead atoms. The van der Waals surface area contributed by atoms with Crippen LogP contribution in [0.25, 0.3) is 0 Å². The number of rotatable bonds is 2. The highest BCUT2D eigenvalue weighted by Crippen LogP contribution is 2.36. The summed E-state index contributed by atoms with van der Waals surface area (Å²) in [5, 5.41) is 3.34. The zero-order valence-corrected chi connectivity index (χ0v) is 12.2. The van der Waals surface area contributed by atoms with Gasteiger partial charge < -0.3 is 19.7 Å². The van der Waals surface area contributed by atoms with Crippen LogP contribution in [0.1, 0.15) is 19.3 Å². The second-order valence-electron chi connectivity index (χ2n) is 5.63. The summed E-state index contributed by atoms with van der Waals surface area (Å²) in [6.45, 7) is 4.33. The largest absolute Gasteiger partial charge is 0.497 e. The van der Waals surface area contributed by atoms with E-state index in [0.717, 1.165) is 31.9 Å². The van der Waals surface area contributed by atoms with E-state index in [4.69, 9.17) is 9.47 Å². The molecule has 1 N–H and O–H groups in total. The molecule has 0 amide bonds. The van der Waals surface area contributed by atoms with E-state index in [2.05, 4.69) is 22.3 Å². The number of nitrogens with one attached hydrogen (secondary N) is 1.